The van der Waals surface area contributed by atoms with Gasteiger partial charge in [-0.25, -0.2) is 0 Å². The van der Waals surface area contributed by atoms with Crippen molar-refractivity contribution in [1.29, 1.82) is 0 Å². The highest BCUT2D eigenvalue weighted by Gasteiger charge is 2.13. The van der Waals surface area contributed by atoms with Gasteiger partial charge in [-0.15, -0.1) is 0 Å². The molecule has 0 bridgehead atoms. The first kappa shape index (κ1) is 15.9. The zero-order valence-electron chi connectivity index (χ0n) is 12.6. The zero-order valence-corrected chi connectivity index (χ0v) is 13.4. The second-order valence-electron chi connectivity index (χ2n) is 4.97. The van der Waals surface area contributed by atoms with Gasteiger partial charge in [-0.3, -0.25) is 4.68 Å². The lowest BCUT2D eigenvalue weighted by atomic mass is 10.1. The Balaban J connectivity index is 2.05. The van der Waals surface area contributed by atoms with Gasteiger partial charge in [0, 0.05) is 7.05 Å². The molecule has 114 valence electrons. The monoisotopic (exact) mass is 308 g/mol. The fourth-order valence-corrected chi connectivity index (χ4v) is 2.50. The largest absolute Gasteiger partial charge is 0.487 e. The molecule has 0 saturated carbocycles. The molecule has 4 nitrogen and oxygen atoms in total. The standard InChI is InChI=1S/C16H21ClN2O2/c1-4-13-16(17)14(19(3)18-13)10-21-12-8-6-11(7-9-12)15(20)5-2/h6-9,15,20H,4-5,10H2,1-3H3/t15-/m1/s1. The molecule has 0 spiro atoms. The molecule has 0 unspecified atom stereocenters. The Kier molecular flexibility index (Phi) is 5.26. The van der Waals surface area contributed by atoms with Gasteiger partial charge in [0.1, 0.15) is 12.4 Å². The van der Waals surface area contributed by atoms with E-state index >= 15 is 0 Å². The molecule has 0 aliphatic heterocycles. The molecule has 1 heterocycles. The van der Waals surface area contributed by atoms with E-state index in [0.717, 1.165) is 29.1 Å². The van der Waals surface area contributed by atoms with E-state index in [2.05, 4.69) is 5.10 Å². The van der Waals surface area contributed by atoms with E-state index < -0.39 is 6.10 Å². The maximum atomic E-state index is 9.76. The maximum Gasteiger partial charge on any atom is 0.131 e. The summed E-state index contributed by atoms with van der Waals surface area (Å²) in [5.74, 6) is 0.748. The number of aliphatic hydroxyl groups is 1. The highest BCUT2D eigenvalue weighted by atomic mass is 35.5. The van der Waals surface area contributed by atoms with Crippen molar-refractivity contribution in [2.45, 2.75) is 39.4 Å². The molecule has 0 aliphatic rings. The lowest BCUT2D eigenvalue weighted by molar-refractivity contribution is 0.173. The Labute approximate surface area is 130 Å². The van der Waals surface area contributed by atoms with Crippen LogP contribution in [-0.4, -0.2) is 14.9 Å². The quantitative estimate of drug-likeness (QED) is 0.886. The summed E-state index contributed by atoms with van der Waals surface area (Å²) in [4.78, 5) is 0. The normalized spacial score (nSPS) is 12.4. The van der Waals surface area contributed by atoms with Gasteiger partial charge in [-0.1, -0.05) is 37.6 Å². The fraction of sp³-hybridized carbons (Fsp3) is 0.438. The van der Waals surface area contributed by atoms with Crippen LogP contribution in [-0.2, 0) is 20.1 Å². The first-order chi connectivity index (χ1) is 10.1. The highest BCUT2D eigenvalue weighted by molar-refractivity contribution is 6.31. The van der Waals surface area contributed by atoms with Crippen molar-refractivity contribution in [2.24, 2.45) is 7.05 Å². The second-order valence-corrected chi connectivity index (χ2v) is 5.34. The van der Waals surface area contributed by atoms with Crippen molar-refractivity contribution in [3.63, 3.8) is 0 Å². The predicted octanol–water partition coefficient (Wildman–Crippen LogP) is 3.66. The summed E-state index contributed by atoms with van der Waals surface area (Å²) >= 11 is 6.29. The minimum absolute atomic E-state index is 0.373. The Bertz CT molecular complexity index is 593. The SMILES string of the molecule is CCc1nn(C)c(COc2ccc([C@H](O)CC)cc2)c1Cl. The molecule has 1 N–H and O–H groups in total. The summed E-state index contributed by atoms with van der Waals surface area (Å²) in [6, 6.07) is 7.48. The molecule has 2 aromatic rings. The molecule has 1 aromatic carbocycles. The maximum absolute atomic E-state index is 9.76. The topological polar surface area (TPSA) is 47.3 Å². The van der Waals surface area contributed by atoms with Gasteiger partial charge in [0.2, 0.25) is 0 Å². The van der Waals surface area contributed by atoms with Crippen molar-refractivity contribution >= 4 is 11.6 Å². The molecule has 1 aromatic heterocycles. The average Bonchev–Trinajstić information content (AvgIpc) is 2.79. The minimum atomic E-state index is -0.419. The molecular weight excluding hydrogens is 288 g/mol. The predicted molar refractivity (Wildman–Crippen MR) is 83.6 cm³/mol. The number of aliphatic hydroxyl groups excluding tert-OH is 1. The van der Waals surface area contributed by atoms with E-state index in [-0.39, 0.29) is 0 Å². The van der Waals surface area contributed by atoms with Gasteiger partial charge in [-0.05, 0) is 30.5 Å². The van der Waals surface area contributed by atoms with Gasteiger partial charge < -0.3 is 9.84 Å². The molecule has 0 amide bonds. The summed E-state index contributed by atoms with van der Waals surface area (Å²) in [7, 11) is 1.87. The number of hydrogen-bond donors (Lipinski definition) is 1. The molecule has 0 fully saturated rings. The molecule has 0 aliphatic carbocycles. The van der Waals surface area contributed by atoms with E-state index in [1.807, 2.05) is 45.2 Å². The van der Waals surface area contributed by atoms with Crippen LogP contribution in [0.5, 0.6) is 5.75 Å². The van der Waals surface area contributed by atoms with Gasteiger partial charge in [-0.2, -0.15) is 5.10 Å². The number of halogens is 1. The summed E-state index contributed by atoms with van der Waals surface area (Å²) < 4.78 is 7.51. The Morgan fingerprint density at radius 1 is 1.29 bits per heavy atom. The second kappa shape index (κ2) is 6.96. The molecule has 1 atom stereocenters. The lowest BCUT2D eigenvalue weighted by Crippen LogP contribution is -2.03. The molecule has 0 saturated heterocycles. The van der Waals surface area contributed by atoms with Crippen LogP contribution in [0.2, 0.25) is 5.02 Å². The first-order valence-electron chi connectivity index (χ1n) is 7.17. The number of aryl methyl sites for hydroxylation is 2. The third kappa shape index (κ3) is 3.57. The number of ether oxygens (including phenoxy) is 1. The Morgan fingerprint density at radius 3 is 2.48 bits per heavy atom. The number of nitrogens with zero attached hydrogens (tertiary/aromatic N) is 2. The van der Waals surface area contributed by atoms with Crippen molar-refractivity contribution in [2.75, 3.05) is 0 Å². The van der Waals surface area contributed by atoms with E-state index in [4.69, 9.17) is 16.3 Å². The van der Waals surface area contributed by atoms with Crippen LogP contribution < -0.4 is 4.74 Å². The van der Waals surface area contributed by atoms with Crippen molar-refractivity contribution in [1.82, 2.24) is 9.78 Å². The third-order valence-corrected chi connectivity index (χ3v) is 3.97. The number of hydrogen-bond acceptors (Lipinski definition) is 3. The Hall–Kier alpha value is -1.52. The summed E-state index contributed by atoms with van der Waals surface area (Å²) in [6.07, 6.45) is 1.08. The zero-order chi connectivity index (χ0) is 15.4. The van der Waals surface area contributed by atoms with Crippen LogP contribution in [0, 0.1) is 0 Å². The van der Waals surface area contributed by atoms with Crippen molar-refractivity contribution in [3.05, 3.63) is 46.2 Å². The van der Waals surface area contributed by atoms with E-state index in [1.165, 1.54) is 0 Å². The van der Waals surface area contributed by atoms with Crippen molar-refractivity contribution < 1.29 is 9.84 Å². The molecule has 5 heteroatoms. The molecule has 2 rings (SSSR count). The lowest BCUT2D eigenvalue weighted by Gasteiger charge is -2.10. The summed E-state index contributed by atoms with van der Waals surface area (Å²) in [6.45, 7) is 4.35. The van der Waals surface area contributed by atoms with Gasteiger partial charge in [0.15, 0.2) is 0 Å². The summed E-state index contributed by atoms with van der Waals surface area (Å²) in [5.41, 5.74) is 2.65. The van der Waals surface area contributed by atoms with Crippen LogP contribution >= 0.6 is 11.6 Å². The minimum Gasteiger partial charge on any atom is -0.487 e. The van der Waals surface area contributed by atoms with Crippen molar-refractivity contribution in [3.8, 4) is 5.75 Å². The number of aromatic nitrogens is 2. The first-order valence-corrected chi connectivity index (χ1v) is 7.55. The van der Waals surface area contributed by atoms with Crippen LogP contribution in [0.4, 0.5) is 0 Å². The van der Waals surface area contributed by atoms with Crippen LogP contribution in [0.1, 0.15) is 43.3 Å². The van der Waals surface area contributed by atoms with E-state index in [9.17, 15) is 5.11 Å². The fourth-order valence-electron chi connectivity index (χ4n) is 2.15. The highest BCUT2D eigenvalue weighted by Crippen LogP contribution is 2.24. The molecule has 21 heavy (non-hydrogen) atoms. The van der Waals surface area contributed by atoms with E-state index in [1.54, 1.807) is 4.68 Å². The van der Waals surface area contributed by atoms with Gasteiger partial charge in [0.05, 0.1) is 22.5 Å². The van der Waals surface area contributed by atoms with Gasteiger partial charge >= 0.3 is 0 Å². The third-order valence-electron chi connectivity index (χ3n) is 3.53. The summed E-state index contributed by atoms with van der Waals surface area (Å²) in [5, 5.41) is 14.8. The average molecular weight is 309 g/mol. The molecule has 0 radical (unpaired) electrons. The molecular formula is C16H21ClN2O2. The number of rotatable bonds is 6. The number of benzene rings is 1. The van der Waals surface area contributed by atoms with E-state index in [0.29, 0.717) is 18.1 Å². The van der Waals surface area contributed by atoms with Crippen LogP contribution in [0.25, 0.3) is 0 Å². The smallest absolute Gasteiger partial charge is 0.131 e. The van der Waals surface area contributed by atoms with Crippen LogP contribution in [0.15, 0.2) is 24.3 Å². The van der Waals surface area contributed by atoms with Gasteiger partial charge in [0.25, 0.3) is 0 Å². The Morgan fingerprint density at radius 2 is 1.95 bits per heavy atom. The van der Waals surface area contributed by atoms with Crippen LogP contribution in [0.3, 0.4) is 0 Å².